The molecule has 0 unspecified atom stereocenters. The summed E-state index contributed by atoms with van der Waals surface area (Å²) in [4.78, 5) is 12.0. The smallest absolute Gasteiger partial charge is 0.309 e. The minimum absolute atomic E-state index is 0.142. The number of hydrogen-bond donors (Lipinski definition) is 6. The summed E-state index contributed by atoms with van der Waals surface area (Å²) in [6, 6.07) is 0. The van der Waals surface area contributed by atoms with Crippen LogP contribution in [0, 0.1) is 17.3 Å². The lowest BCUT2D eigenvalue weighted by atomic mass is 9.73. The Morgan fingerprint density at radius 2 is 1.63 bits per heavy atom. The molecule has 5 atom stereocenters. The van der Waals surface area contributed by atoms with Gasteiger partial charge in [0.1, 0.15) is 0 Å². The largest absolute Gasteiger partial charge is 0.481 e. The van der Waals surface area contributed by atoms with Gasteiger partial charge in [0.25, 0.3) is 0 Å². The van der Waals surface area contributed by atoms with Crippen molar-refractivity contribution in [2.75, 3.05) is 6.54 Å². The van der Waals surface area contributed by atoms with Crippen molar-refractivity contribution < 1.29 is 25.2 Å². The molecule has 41 heavy (non-hydrogen) atoms. The fraction of sp³-hybridized carbons (Fsp3) is 0.853. The molecular formula is C34H60N2O5. The Morgan fingerprint density at radius 3 is 2.24 bits per heavy atom. The van der Waals surface area contributed by atoms with Crippen molar-refractivity contribution in [3.05, 3.63) is 23.5 Å². The van der Waals surface area contributed by atoms with Gasteiger partial charge >= 0.3 is 5.97 Å². The van der Waals surface area contributed by atoms with Gasteiger partial charge in [-0.05, 0) is 87.2 Å². The SMILES string of the molecule is CCCCCCC[C@H](O)CCCCCC[C@H](C(=O)O)[C@H](O)CC[C@@]1(O)C[C@@H](CC2=CCNC(N)=C2)C2(CCCC2)C1. The quantitative estimate of drug-likeness (QED) is 0.0935. The number of allylic oxidation sites excluding steroid dienone is 2. The maximum absolute atomic E-state index is 12.0. The molecule has 236 valence electrons. The van der Waals surface area contributed by atoms with E-state index in [1.54, 1.807) is 0 Å². The molecule has 0 aromatic rings. The van der Waals surface area contributed by atoms with E-state index in [9.17, 15) is 25.2 Å². The summed E-state index contributed by atoms with van der Waals surface area (Å²) in [5.74, 6) is -0.653. The van der Waals surface area contributed by atoms with Gasteiger partial charge in [-0.15, -0.1) is 0 Å². The van der Waals surface area contributed by atoms with Crippen LogP contribution in [-0.2, 0) is 4.79 Å². The zero-order valence-corrected chi connectivity index (χ0v) is 25.8. The molecule has 2 fully saturated rings. The normalized spacial score (nSPS) is 25.9. The zero-order valence-electron chi connectivity index (χ0n) is 25.8. The van der Waals surface area contributed by atoms with Crippen LogP contribution in [-0.4, -0.2) is 50.7 Å². The number of nitrogens with one attached hydrogen (secondary N) is 1. The number of rotatable bonds is 20. The molecule has 7 N–H and O–H groups in total. The second kappa shape index (κ2) is 16.9. The van der Waals surface area contributed by atoms with Crippen molar-refractivity contribution in [1.82, 2.24) is 5.32 Å². The molecule has 0 saturated heterocycles. The molecule has 1 spiro atoms. The number of unbranched alkanes of at least 4 members (excludes halogenated alkanes) is 7. The van der Waals surface area contributed by atoms with Crippen molar-refractivity contribution in [3.63, 3.8) is 0 Å². The number of hydrogen-bond acceptors (Lipinski definition) is 6. The van der Waals surface area contributed by atoms with E-state index in [-0.39, 0.29) is 11.5 Å². The lowest BCUT2D eigenvalue weighted by Crippen LogP contribution is -2.33. The van der Waals surface area contributed by atoms with Crippen molar-refractivity contribution in [1.29, 1.82) is 0 Å². The Hall–Kier alpha value is -1.57. The Kier molecular flexibility index (Phi) is 14.0. The van der Waals surface area contributed by atoms with Crippen LogP contribution >= 0.6 is 0 Å². The standard InChI is InChI=1S/C34H60N2O5/c1-2-3-4-5-8-13-28(37)14-9-6-7-10-15-29(32(39)40)30(38)16-20-34(41)24-27(33(25-34)18-11-12-19-33)22-26-17-21-36-31(35)23-26/h17,23,27-30,36-38,41H,2-16,18-22,24-25,35H2,1H3,(H,39,40)/t27-,28+,29+,30-,34-/m1/s1. The predicted octanol–water partition coefficient (Wildman–Crippen LogP) is 6.31. The van der Waals surface area contributed by atoms with E-state index < -0.39 is 23.6 Å². The summed E-state index contributed by atoms with van der Waals surface area (Å²) in [7, 11) is 0. The lowest BCUT2D eigenvalue weighted by Gasteiger charge is -2.32. The van der Waals surface area contributed by atoms with Crippen molar-refractivity contribution in [2.24, 2.45) is 23.0 Å². The second-order valence-electron chi connectivity index (χ2n) is 13.7. The van der Waals surface area contributed by atoms with Gasteiger partial charge in [-0.1, -0.05) is 83.6 Å². The number of aliphatic carboxylic acids is 1. The van der Waals surface area contributed by atoms with E-state index >= 15 is 0 Å². The van der Waals surface area contributed by atoms with Crippen LogP contribution in [0.3, 0.4) is 0 Å². The number of aliphatic hydroxyl groups excluding tert-OH is 2. The monoisotopic (exact) mass is 576 g/mol. The van der Waals surface area contributed by atoms with E-state index in [0.717, 1.165) is 77.2 Å². The third-order valence-electron chi connectivity index (χ3n) is 10.4. The highest BCUT2D eigenvalue weighted by Gasteiger charge is 2.54. The van der Waals surface area contributed by atoms with Gasteiger partial charge in [-0.25, -0.2) is 0 Å². The fourth-order valence-electron chi connectivity index (χ4n) is 8.05. The Balaban J connectivity index is 1.39. The van der Waals surface area contributed by atoms with Gasteiger partial charge in [0, 0.05) is 6.54 Å². The highest BCUT2D eigenvalue weighted by Crippen LogP contribution is 2.60. The molecule has 3 aliphatic rings. The molecule has 0 amide bonds. The van der Waals surface area contributed by atoms with Gasteiger partial charge in [-0.3, -0.25) is 4.79 Å². The third-order valence-corrected chi connectivity index (χ3v) is 10.4. The number of carboxylic acids is 1. The first kappa shape index (κ1) is 33.9. The average Bonchev–Trinajstić information content (AvgIpc) is 3.50. The Labute approximate surface area is 249 Å². The van der Waals surface area contributed by atoms with Gasteiger partial charge in [0.15, 0.2) is 0 Å². The minimum Gasteiger partial charge on any atom is -0.481 e. The molecular weight excluding hydrogens is 516 g/mol. The number of aliphatic hydroxyl groups is 3. The van der Waals surface area contributed by atoms with Crippen LogP contribution in [0.4, 0.5) is 0 Å². The molecule has 0 aromatic carbocycles. The summed E-state index contributed by atoms with van der Waals surface area (Å²) in [6.45, 7) is 2.95. The van der Waals surface area contributed by atoms with E-state index in [0.29, 0.717) is 37.4 Å². The molecule has 2 saturated carbocycles. The van der Waals surface area contributed by atoms with E-state index in [1.807, 2.05) is 6.08 Å². The first-order valence-corrected chi connectivity index (χ1v) is 16.9. The fourth-order valence-corrected chi connectivity index (χ4v) is 8.05. The lowest BCUT2D eigenvalue weighted by molar-refractivity contribution is -0.146. The first-order valence-electron chi connectivity index (χ1n) is 16.9. The third kappa shape index (κ3) is 10.9. The van der Waals surface area contributed by atoms with Crippen molar-refractivity contribution >= 4 is 5.97 Å². The number of carbonyl (C=O) groups is 1. The van der Waals surface area contributed by atoms with E-state index in [1.165, 1.54) is 44.1 Å². The maximum Gasteiger partial charge on any atom is 0.309 e. The molecule has 3 rings (SSSR count). The van der Waals surface area contributed by atoms with Gasteiger partial charge in [-0.2, -0.15) is 0 Å². The number of carboxylic acid groups (broad SMARTS) is 1. The van der Waals surface area contributed by atoms with E-state index in [2.05, 4.69) is 18.3 Å². The highest BCUT2D eigenvalue weighted by atomic mass is 16.4. The Morgan fingerprint density at radius 1 is 1.00 bits per heavy atom. The maximum atomic E-state index is 12.0. The summed E-state index contributed by atoms with van der Waals surface area (Å²) in [5.41, 5.74) is 6.54. The molecule has 1 heterocycles. The zero-order chi connectivity index (χ0) is 29.7. The minimum atomic E-state index is -0.945. The molecule has 7 heteroatoms. The van der Waals surface area contributed by atoms with Crippen LogP contribution in [0.15, 0.2) is 23.5 Å². The van der Waals surface area contributed by atoms with E-state index in [4.69, 9.17) is 5.73 Å². The topological polar surface area (TPSA) is 136 Å². The van der Waals surface area contributed by atoms with Crippen LogP contribution in [0.5, 0.6) is 0 Å². The summed E-state index contributed by atoms with van der Waals surface area (Å²) in [6.07, 6.45) is 22.7. The van der Waals surface area contributed by atoms with Gasteiger partial charge < -0.3 is 31.5 Å². The van der Waals surface area contributed by atoms with Crippen LogP contribution < -0.4 is 11.1 Å². The van der Waals surface area contributed by atoms with Crippen LogP contribution in [0.25, 0.3) is 0 Å². The molecule has 0 aromatic heterocycles. The first-order chi connectivity index (χ1) is 19.7. The molecule has 7 nitrogen and oxygen atoms in total. The van der Waals surface area contributed by atoms with Gasteiger partial charge in [0.05, 0.1) is 29.5 Å². The molecule has 1 aliphatic heterocycles. The number of nitrogens with two attached hydrogens (primary N) is 1. The molecule has 0 radical (unpaired) electrons. The second-order valence-corrected chi connectivity index (χ2v) is 13.7. The highest BCUT2D eigenvalue weighted by molar-refractivity contribution is 5.70. The van der Waals surface area contributed by atoms with Crippen molar-refractivity contribution in [2.45, 2.75) is 160 Å². The summed E-state index contributed by atoms with van der Waals surface area (Å²) < 4.78 is 0. The van der Waals surface area contributed by atoms with Gasteiger partial charge in [0.2, 0.25) is 0 Å². The summed E-state index contributed by atoms with van der Waals surface area (Å²) >= 11 is 0. The van der Waals surface area contributed by atoms with Crippen LogP contribution in [0.1, 0.15) is 142 Å². The summed E-state index contributed by atoms with van der Waals surface area (Å²) in [5, 5.41) is 45.8. The van der Waals surface area contributed by atoms with Crippen molar-refractivity contribution in [3.8, 4) is 0 Å². The average molecular weight is 577 g/mol. The predicted molar refractivity (Wildman–Crippen MR) is 165 cm³/mol. The number of dihydropyridines is 1. The molecule has 2 aliphatic carbocycles. The Bertz CT molecular complexity index is 852. The molecule has 0 bridgehead atoms. The van der Waals surface area contributed by atoms with Crippen LogP contribution in [0.2, 0.25) is 0 Å².